The minimum Gasteiger partial charge on any atom is -0.384 e. The van der Waals surface area contributed by atoms with Crippen molar-refractivity contribution in [2.24, 2.45) is 0 Å². The van der Waals surface area contributed by atoms with Crippen LogP contribution < -0.4 is 0 Å². The van der Waals surface area contributed by atoms with Gasteiger partial charge in [0.15, 0.2) is 5.78 Å². The van der Waals surface area contributed by atoms with Crippen molar-refractivity contribution in [3.05, 3.63) is 20.8 Å². The Labute approximate surface area is 100 Å². The van der Waals surface area contributed by atoms with Gasteiger partial charge < -0.3 is 4.74 Å². The Morgan fingerprint density at radius 2 is 2.43 bits per heavy atom. The largest absolute Gasteiger partial charge is 0.384 e. The quantitative estimate of drug-likeness (QED) is 0.596. The summed E-state index contributed by atoms with van der Waals surface area (Å²) in [7, 11) is 1.67. The molecule has 1 aromatic heterocycles. The number of carbonyl (C=O) groups excluding carboxylic acids is 1. The molecule has 0 saturated carbocycles. The van der Waals surface area contributed by atoms with Gasteiger partial charge in [-0.2, -0.15) is 11.8 Å². The summed E-state index contributed by atoms with van der Waals surface area (Å²) in [4.78, 5) is 12.4. The Morgan fingerprint density at radius 3 is 3.00 bits per heavy atom. The number of methoxy groups -OCH3 is 1. The zero-order valence-corrected chi connectivity index (χ0v) is 11.0. The maximum Gasteiger partial charge on any atom is 0.182 e. The van der Waals surface area contributed by atoms with Crippen LogP contribution in [0, 0.1) is 0 Å². The van der Waals surface area contributed by atoms with Gasteiger partial charge in [-0.1, -0.05) is 0 Å². The van der Waals surface area contributed by atoms with Gasteiger partial charge in [0.05, 0.1) is 21.0 Å². The fraction of sp³-hybridized carbons (Fsp3) is 0.444. The summed E-state index contributed by atoms with van der Waals surface area (Å²) in [5, 5.41) is 0. The van der Waals surface area contributed by atoms with Crippen molar-refractivity contribution >= 4 is 44.8 Å². The van der Waals surface area contributed by atoms with Crippen molar-refractivity contribution in [3.8, 4) is 0 Å². The number of Topliss-reactive ketones (excluding diaryl/α,β-unsaturated/α-hetero) is 1. The Hall–Kier alpha value is 0.160. The van der Waals surface area contributed by atoms with E-state index in [-0.39, 0.29) is 5.78 Å². The Bertz CT molecular complexity index is 299. The predicted molar refractivity (Wildman–Crippen MR) is 65.6 cm³/mol. The van der Waals surface area contributed by atoms with E-state index in [9.17, 15) is 4.79 Å². The number of hydrogen-bond donors (Lipinski definition) is 0. The van der Waals surface area contributed by atoms with Crippen LogP contribution in [-0.2, 0) is 4.74 Å². The highest BCUT2D eigenvalue weighted by Gasteiger charge is 2.07. The average molecular weight is 295 g/mol. The first kappa shape index (κ1) is 12.2. The van der Waals surface area contributed by atoms with Gasteiger partial charge in [-0.25, -0.2) is 0 Å². The van der Waals surface area contributed by atoms with Crippen LogP contribution in [0.15, 0.2) is 15.9 Å². The second-order valence-corrected chi connectivity index (χ2v) is 6.14. The van der Waals surface area contributed by atoms with E-state index in [0.717, 1.165) is 14.4 Å². The fourth-order valence-corrected chi connectivity index (χ4v) is 3.03. The third-order valence-corrected chi connectivity index (χ3v) is 4.10. The molecule has 0 fully saturated rings. The molecule has 1 heterocycles. The molecular weight excluding hydrogens is 284 g/mol. The summed E-state index contributed by atoms with van der Waals surface area (Å²) in [6.07, 6.45) is 0. The SMILES string of the molecule is COCCSCC(=O)c1ccc(Br)s1. The van der Waals surface area contributed by atoms with E-state index in [1.807, 2.05) is 12.1 Å². The maximum atomic E-state index is 11.5. The number of thiophene rings is 1. The minimum atomic E-state index is 0.196. The van der Waals surface area contributed by atoms with Crippen LogP contribution in [0.2, 0.25) is 0 Å². The molecule has 14 heavy (non-hydrogen) atoms. The van der Waals surface area contributed by atoms with E-state index in [0.29, 0.717) is 12.4 Å². The van der Waals surface area contributed by atoms with Crippen LogP contribution in [0.4, 0.5) is 0 Å². The first-order chi connectivity index (χ1) is 6.74. The highest BCUT2D eigenvalue weighted by molar-refractivity contribution is 9.11. The van der Waals surface area contributed by atoms with Crippen LogP contribution in [0.1, 0.15) is 9.67 Å². The summed E-state index contributed by atoms with van der Waals surface area (Å²) in [6.45, 7) is 0.700. The molecule has 0 spiro atoms. The van der Waals surface area contributed by atoms with Crippen LogP contribution in [-0.4, -0.2) is 31.0 Å². The summed E-state index contributed by atoms with van der Waals surface area (Å²) in [5.74, 6) is 1.60. The van der Waals surface area contributed by atoms with E-state index in [1.165, 1.54) is 11.3 Å². The summed E-state index contributed by atoms with van der Waals surface area (Å²) in [6, 6.07) is 3.76. The molecule has 0 N–H and O–H groups in total. The van der Waals surface area contributed by atoms with E-state index < -0.39 is 0 Å². The maximum absolute atomic E-state index is 11.5. The molecule has 0 aliphatic rings. The molecule has 0 unspecified atom stereocenters. The number of carbonyl (C=O) groups is 1. The Morgan fingerprint density at radius 1 is 1.64 bits per heavy atom. The van der Waals surface area contributed by atoms with E-state index in [4.69, 9.17) is 4.74 Å². The van der Waals surface area contributed by atoms with Gasteiger partial charge in [0.2, 0.25) is 0 Å². The predicted octanol–water partition coefficient (Wildman–Crippen LogP) is 3.07. The molecule has 5 heteroatoms. The number of ether oxygens (including phenoxy) is 1. The van der Waals surface area contributed by atoms with Crippen molar-refractivity contribution in [1.82, 2.24) is 0 Å². The van der Waals surface area contributed by atoms with Crippen LogP contribution in [0.3, 0.4) is 0 Å². The van der Waals surface area contributed by atoms with Gasteiger partial charge in [0.1, 0.15) is 0 Å². The van der Waals surface area contributed by atoms with Crippen molar-refractivity contribution in [2.45, 2.75) is 0 Å². The summed E-state index contributed by atoms with van der Waals surface area (Å²) in [5.41, 5.74) is 0. The number of hydrogen-bond acceptors (Lipinski definition) is 4. The molecule has 0 amide bonds. The van der Waals surface area contributed by atoms with Gasteiger partial charge in [0, 0.05) is 12.9 Å². The van der Waals surface area contributed by atoms with E-state index in [2.05, 4.69) is 15.9 Å². The molecule has 1 aromatic rings. The van der Waals surface area contributed by atoms with Gasteiger partial charge in [-0.05, 0) is 28.1 Å². The normalized spacial score (nSPS) is 10.4. The minimum absolute atomic E-state index is 0.196. The topological polar surface area (TPSA) is 26.3 Å². The van der Waals surface area contributed by atoms with Gasteiger partial charge in [-0.3, -0.25) is 4.79 Å². The lowest BCUT2D eigenvalue weighted by molar-refractivity contribution is 0.102. The van der Waals surface area contributed by atoms with Crippen molar-refractivity contribution in [2.75, 3.05) is 25.2 Å². The second-order valence-electron chi connectivity index (χ2n) is 2.57. The molecule has 1 rings (SSSR count). The number of rotatable bonds is 6. The molecule has 0 saturated heterocycles. The lowest BCUT2D eigenvalue weighted by atomic mass is 10.4. The lowest BCUT2D eigenvalue weighted by Gasteiger charge is -1.98. The number of thioether (sulfide) groups is 1. The van der Waals surface area contributed by atoms with Crippen LogP contribution >= 0.6 is 39.0 Å². The molecule has 0 bridgehead atoms. The van der Waals surface area contributed by atoms with Gasteiger partial charge in [0.25, 0.3) is 0 Å². The van der Waals surface area contributed by atoms with E-state index >= 15 is 0 Å². The summed E-state index contributed by atoms with van der Waals surface area (Å²) < 4.78 is 5.90. The van der Waals surface area contributed by atoms with Gasteiger partial charge >= 0.3 is 0 Å². The first-order valence-electron chi connectivity index (χ1n) is 4.09. The fourth-order valence-electron chi connectivity index (χ4n) is 0.842. The molecule has 78 valence electrons. The van der Waals surface area contributed by atoms with Crippen molar-refractivity contribution in [3.63, 3.8) is 0 Å². The number of ketones is 1. The zero-order valence-electron chi connectivity index (χ0n) is 7.79. The third kappa shape index (κ3) is 4.13. The molecule has 2 nitrogen and oxygen atoms in total. The van der Waals surface area contributed by atoms with E-state index in [1.54, 1.807) is 18.9 Å². The molecule has 0 aromatic carbocycles. The Balaban J connectivity index is 2.29. The smallest absolute Gasteiger partial charge is 0.182 e. The standard InChI is InChI=1S/C9H11BrO2S2/c1-12-4-5-13-6-7(11)8-2-3-9(10)14-8/h2-3H,4-6H2,1H3. The van der Waals surface area contributed by atoms with Crippen molar-refractivity contribution in [1.29, 1.82) is 0 Å². The lowest BCUT2D eigenvalue weighted by Crippen LogP contribution is -2.02. The molecule has 0 radical (unpaired) electrons. The average Bonchev–Trinajstić information content (AvgIpc) is 2.59. The first-order valence-corrected chi connectivity index (χ1v) is 6.85. The highest BCUT2D eigenvalue weighted by Crippen LogP contribution is 2.23. The Kier molecular flexibility index (Phi) is 5.77. The van der Waals surface area contributed by atoms with Crippen molar-refractivity contribution < 1.29 is 9.53 Å². The highest BCUT2D eigenvalue weighted by atomic mass is 79.9. The van der Waals surface area contributed by atoms with Gasteiger partial charge in [-0.15, -0.1) is 11.3 Å². The van der Waals surface area contributed by atoms with Crippen LogP contribution in [0.5, 0.6) is 0 Å². The molecule has 0 aliphatic carbocycles. The zero-order chi connectivity index (χ0) is 10.4. The second kappa shape index (κ2) is 6.61. The summed E-state index contributed by atoms with van der Waals surface area (Å²) >= 11 is 6.42. The molecule has 0 atom stereocenters. The molecular formula is C9H11BrO2S2. The third-order valence-electron chi connectivity index (χ3n) is 1.51. The molecule has 0 aliphatic heterocycles. The number of halogens is 1. The monoisotopic (exact) mass is 294 g/mol. The van der Waals surface area contributed by atoms with Crippen LogP contribution in [0.25, 0.3) is 0 Å².